The van der Waals surface area contributed by atoms with Crippen LogP contribution in [0.2, 0.25) is 0 Å². The van der Waals surface area contributed by atoms with Crippen molar-refractivity contribution in [3.05, 3.63) is 29.8 Å². The molecule has 1 heterocycles. The van der Waals surface area contributed by atoms with E-state index >= 15 is 0 Å². The van der Waals surface area contributed by atoms with E-state index in [-0.39, 0.29) is 0 Å². The van der Waals surface area contributed by atoms with Crippen molar-refractivity contribution in [1.29, 1.82) is 0 Å². The van der Waals surface area contributed by atoms with Gasteiger partial charge >= 0.3 is 0 Å². The quantitative estimate of drug-likeness (QED) is 0.806. The lowest BCUT2D eigenvalue weighted by atomic mass is 10.1. The Labute approximate surface area is 102 Å². The summed E-state index contributed by atoms with van der Waals surface area (Å²) >= 11 is 0. The van der Waals surface area contributed by atoms with E-state index in [2.05, 4.69) is 16.8 Å². The van der Waals surface area contributed by atoms with Gasteiger partial charge in [-0.1, -0.05) is 12.1 Å². The van der Waals surface area contributed by atoms with Gasteiger partial charge in [-0.2, -0.15) is 0 Å². The third-order valence-electron chi connectivity index (χ3n) is 3.14. The summed E-state index contributed by atoms with van der Waals surface area (Å²) in [5.41, 5.74) is 1.06. The Morgan fingerprint density at radius 1 is 1.24 bits per heavy atom. The Kier molecular flexibility index (Phi) is 4.36. The van der Waals surface area contributed by atoms with Crippen LogP contribution in [0, 0.1) is 0 Å². The molecule has 1 aromatic carbocycles. The third kappa shape index (κ3) is 3.70. The average Bonchev–Trinajstić information content (AvgIpc) is 2.35. The van der Waals surface area contributed by atoms with E-state index in [4.69, 9.17) is 10.6 Å². The van der Waals surface area contributed by atoms with Crippen LogP contribution < -0.4 is 10.6 Å². The van der Waals surface area contributed by atoms with Crippen LogP contribution in [0.3, 0.4) is 0 Å². The summed E-state index contributed by atoms with van der Waals surface area (Å²) < 4.78 is 5.94. The number of hydrogen-bond acceptors (Lipinski definition) is 4. The average molecular weight is 236 g/mol. The zero-order chi connectivity index (χ0) is 12.1. The molecule has 0 aromatic heterocycles. The standard InChI is InChI=1S/C13H20N2O2/c1-15-8-6-13(7-9-15)17-12-4-2-11(3-5-12)10-16-14/h2-5,13H,6-10,14H2,1H3. The molecule has 1 fully saturated rings. The van der Waals surface area contributed by atoms with E-state index in [9.17, 15) is 0 Å². The first-order valence-corrected chi connectivity index (χ1v) is 6.04. The lowest BCUT2D eigenvalue weighted by Gasteiger charge is -2.29. The van der Waals surface area contributed by atoms with E-state index in [1.807, 2.05) is 24.3 Å². The summed E-state index contributed by atoms with van der Waals surface area (Å²) in [4.78, 5) is 6.92. The molecule has 2 rings (SSSR count). The number of nitrogens with zero attached hydrogens (tertiary/aromatic N) is 1. The number of benzene rings is 1. The highest BCUT2D eigenvalue weighted by Gasteiger charge is 2.17. The highest BCUT2D eigenvalue weighted by Crippen LogP contribution is 2.19. The minimum Gasteiger partial charge on any atom is -0.490 e. The minimum atomic E-state index is 0.350. The van der Waals surface area contributed by atoms with Gasteiger partial charge in [0.15, 0.2) is 0 Å². The molecule has 0 aliphatic carbocycles. The topological polar surface area (TPSA) is 47.7 Å². The summed E-state index contributed by atoms with van der Waals surface area (Å²) in [5, 5.41) is 0. The second-order valence-corrected chi connectivity index (χ2v) is 4.58. The van der Waals surface area contributed by atoms with Crippen LogP contribution in [0.15, 0.2) is 24.3 Å². The summed E-state index contributed by atoms with van der Waals surface area (Å²) in [7, 11) is 2.15. The smallest absolute Gasteiger partial charge is 0.119 e. The number of likely N-dealkylation sites (tertiary alicyclic amines) is 1. The molecule has 0 spiro atoms. The van der Waals surface area contributed by atoms with Crippen LogP contribution in [0.25, 0.3) is 0 Å². The summed E-state index contributed by atoms with van der Waals surface area (Å²) in [6.07, 6.45) is 2.55. The number of hydrogen-bond donors (Lipinski definition) is 1. The fourth-order valence-corrected chi connectivity index (χ4v) is 2.06. The first-order valence-electron chi connectivity index (χ1n) is 6.04. The molecule has 0 amide bonds. The van der Waals surface area contributed by atoms with Gasteiger partial charge in [-0.25, -0.2) is 5.90 Å². The Morgan fingerprint density at radius 2 is 1.88 bits per heavy atom. The van der Waals surface area contributed by atoms with Crippen LogP contribution in [-0.2, 0) is 11.4 Å². The third-order valence-corrected chi connectivity index (χ3v) is 3.14. The van der Waals surface area contributed by atoms with E-state index in [1.54, 1.807) is 0 Å². The number of ether oxygens (including phenoxy) is 1. The van der Waals surface area contributed by atoms with Gasteiger partial charge in [-0.3, -0.25) is 4.84 Å². The Hall–Kier alpha value is -1.10. The van der Waals surface area contributed by atoms with Crippen LogP contribution >= 0.6 is 0 Å². The summed E-state index contributed by atoms with van der Waals surface area (Å²) in [6, 6.07) is 7.92. The maximum Gasteiger partial charge on any atom is 0.119 e. The molecular formula is C13H20N2O2. The molecular weight excluding hydrogens is 216 g/mol. The largest absolute Gasteiger partial charge is 0.490 e. The van der Waals surface area contributed by atoms with Crippen LogP contribution in [0.4, 0.5) is 0 Å². The van der Waals surface area contributed by atoms with Crippen LogP contribution in [0.1, 0.15) is 18.4 Å². The van der Waals surface area contributed by atoms with Gasteiger partial charge in [0, 0.05) is 13.1 Å². The highest BCUT2D eigenvalue weighted by atomic mass is 16.6. The van der Waals surface area contributed by atoms with Crippen LogP contribution in [0.5, 0.6) is 5.75 Å². The van der Waals surface area contributed by atoms with Crippen LogP contribution in [-0.4, -0.2) is 31.1 Å². The van der Waals surface area contributed by atoms with Crippen molar-refractivity contribution < 1.29 is 9.57 Å². The van der Waals surface area contributed by atoms with Crippen molar-refractivity contribution in [2.75, 3.05) is 20.1 Å². The van der Waals surface area contributed by atoms with Gasteiger partial charge < -0.3 is 9.64 Å². The molecule has 1 saturated heterocycles. The number of piperidine rings is 1. The molecule has 94 valence electrons. The van der Waals surface area contributed by atoms with E-state index < -0.39 is 0 Å². The maximum atomic E-state index is 5.94. The van der Waals surface area contributed by atoms with Gasteiger partial charge in [0.25, 0.3) is 0 Å². The SMILES string of the molecule is CN1CCC(Oc2ccc(CON)cc2)CC1. The first kappa shape index (κ1) is 12.4. The van der Waals surface area contributed by atoms with Crippen molar-refractivity contribution >= 4 is 0 Å². The zero-order valence-corrected chi connectivity index (χ0v) is 10.3. The lowest BCUT2D eigenvalue weighted by molar-refractivity contribution is 0.113. The van der Waals surface area contributed by atoms with E-state index in [0.29, 0.717) is 12.7 Å². The summed E-state index contributed by atoms with van der Waals surface area (Å²) in [6.45, 7) is 2.67. The fraction of sp³-hybridized carbons (Fsp3) is 0.538. The Bertz CT molecular complexity index is 332. The predicted octanol–water partition coefficient (Wildman–Crippen LogP) is 1.55. The van der Waals surface area contributed by atoms with Gasteiger partial charge in [0.05, 0.1) is 6.61 Å². The zero-order valence-electron chi connectivity index (χ0n) is 10.3. The molecule has 4 heteroatoms. The van der Waals surface area contributed by atoms with Gasteiger partial charge in [-0.05, 0) is 37.6 Å². The molecule has 0 bridgehead atoms. The fourth-order valence-electron chi connectivity index (χ4n) is 2.06. The number of rotatable bonds is 4. The van der Waals surface area contributed by atoms with Gasteiger partial charge in [0.1, 0.15) is 11.9 Å². The second-order valence-electron chi connectivity index (χ2n) is 4.58. The van der Waals surface area contributed by atoms with Gasteiger partial charge in [0.2, 0.25) is 0 Å². The van der Waals surface area contributed by atoms with Crippen molar-refractivity contribution in [3.8, 4) is 5.75 Å². The molecule has 2 N–H and O–H groups in total. The Morgan fingerprint density at radius 3 is 2.47 bits per heavy atom. The molecule has 1 aliphatic heterocycles. The molecule has 0 atom stereocenters. The Balaban J connectivity index is 1.86. The molecule has 1 aromatic rings. The van der Waals surface area contributed by atoms with Crippen molar-refractivity contribution in [2.24, 2.45) is 5.90 Å². The highest BCUT2D eigenvalue weighted by molar-refractivity contribution is 5.27. The molecule has 17 heavy (non-hydrogen) atoms. The second kappa shape index (κ2) is 6.00. The molecule has 4 nitrogen and oxygen atoms in total. The van der Waals surface area contributed by atoms with E-state index in [1.165, 1.54) is 0 Å². The van der Waals surface area contributed by atoms with Crippen molar-refractivity contribution in [1.82, 2.24) is 4.90 Å². The van der Waals surface area contributed by atoms with Crippen molar-refractivity contribution in [3.63, 3.8) is 0 Å². The predicted molar refractivity (Wildman–Crippen MR) is 66.6 cm³/mol. The molecule has 0 unspecified atom stereocenters. The summed E-state index contributed by atoms with van der Waals surface area (Å²) in [5.74, 6) is 5.96. The molecule has 0 radical (unpaired) electrons. The maximum absolute atomic E-state index is 5.94. The number of nitrogens with two attached hydrogens (primary N) is 1. The first-order chi connectivity index (χ1) is 8.28. The van der Waals surface area contributed by atoms with Crippen molar-refractivity contribution in [2.45, 2.75) is 25.6 Å². The minimum absolute atomic E-state index is 0.350. The van der Waals surface area contributed by atoms with Gasteiger partial charge in [-0.15, -0.1) is 0 Å². The monoisotopic (exact) mass is 236 g/mol. The lowest BCUT2D eigenvalue weighted by Crippen LogP contribution is -2.35. The molecule has 0 saturated carbocycles. The normalized spacial score (nSPS) is 18.2. The molecule has 1 aliphatic rings. The van der Waals surface area contributed by atoms with E-state index in [0.717, 1.165) is 37.2 Å².